The molecule has 2 heterocycles. The topological polar surface area (TPSA) is 76.5 Å². The Balaban J connectivity index is 1.44. The number of benzene rings is 2. The van der Waals surface area contributed by atoms with Crippen LogP contribution in [-0.2, 0) is 27.4 Å². The van der Waals surface area contributed by atoms with Gasteiger partial charge in [0.1, 0.15) is 0 Å². The summed E-state index contributed by atoms with van der Waals surface area (Å²) in [6.07, 6.45) is 1.05. The zero-order chi connectivity index (χ0) is 22.5. The van der Waals surface area contributed by atoms with Gasteiger partial charge in [-0.1, -0.05) is 42.0 Å². The summed E-state index contributed by atoms with van der Waals surface area (Å²) in [5.41, 5.74) is 4.06. The minimum Gasteiger partial charge on any atom is -0.382 e. The molecule has 2 aromatic carbocycles. The van der Waals surface area contributed by atoms with Crippen molar-refractivity contribution in [1.82, 2.24) is 14.5 Å². The number of fused-ring (bicyclic) bond motifs is 1. The van der Waals surface area contributed by atoms with Gasteiger partial charge in [0.05, 0.1) is 17.0 Å². The molecule has 2 amide bonds. The van der Waals surface area contributed by atoms with Crippen LogP contribution in [0.25, 0.3) is 11.0 Å². The van der Waals surface area contributed by atoms with E-state index >= 15 is 0 Å². The molecule has 0 saturated carbocycles. The maximum atomic E-state index is 13.0. The number of nitrogens with zero attached hydrogens (tertiary/aromatic N) is 3. The molecule has 1 fully saturated rings. The fraction of sp³-hybridized carbons (Fsp3) is 0.400. The van der Waals surface area contributed by atoms with E-state index < -0.39 is 0 Å². The first kappa shape index (κ1) is 22.0. The van der Waals surface area contributed by atoms with Gasteiger partial charge in [0.2, 0.25) is 17.8 Å². The number of para-hydroxylation sites is 2. The molecule has 0 aliphatic carbocycles. The number of hydrogen-bond acceptors (Lipinski definition) is 4. The monoisotopic (exact) mass is 434 g/mol. The maximum absolute atomic E-state index is 13.0. The second-order valence-electron chi connectivity index (χ2n) is 8.28. The second kappa shape index (κ2) is 9.96. The Kier molecular flexibility index (Phi) is 6.85. The second-order valence-corrected chi connectivity index (χ2v) is 8.28. The van der Waals surface area contributed by atoms with Gasteiger partial charge in [0, 0.05) is 39.3 Å². The molecule has 1 aliphatic rings. The molecule has 1 aromatic heterocycles. The lowest BCUT2D eigenvalue weighted by Gasteiger charge is -2.17. The number of rotatable bonds is 9. The van der Waals surface area contributed by atoms with Crippen molar-refractivity contribution in [3.05, 3.63) is 59.7 Å². The molecular weight excluding hydrogens is 404 g/mol. The zero-order valence-electron chi connectivity index (χ0n) is 18.7. The summed E-state index contributed by atoms with van der Waals surface area (Å²) in [7, 11) is 0. The van der Waals surface area contributed by atoms with Crippen molar-refractivity contribution in [3.63, 3.8) is 0 Å². The lowest BCUT2D eigenvalue weighted by Crippen LogP contribution is -2.28. The van der Waals surface area contributed by atoms with Crippen LogP contribution in [0.3, 0.4) is 0 Å². The van der Waals surface area contributed by atoms with Crippen molar-refractivity contribution in [1.29, 1.82) is 0 Å². The van der Waals surface area contributed by atoms with Crippen molar-refractivity contribution in [3.8, 4) is 0 Å². The van der Waals surface area contributed by atoms with Crippen LogP contribution < -0.4 is 5.32 Å². The van der Waals surface area contributed by atoms with E-state index in [1.54, 1.807) is 4.90 Å². The van der Waals surface area contributed by atoms with Crippen LogP contribution in [-0.4, -0.2) is 46.0 Å². The van der Waals surface area contributed by atoms with E-state index in [4.69, 9.17) is 4.74 Å². The Labute approximate surface area is 188 Å². The van der Waals surface area contributed by atoms with Crippen molar-refractivity contribution in [2.24, 2.45) is 5.92 Å². The molecule has 168 valence electrons. The summed E-state index contributed by atoms with van der Waals surface area (Å²) in [6, 6.07) is 16.0. The maximum Gasteiger partial charge on any atom is 0.232 e. The highest BCUT2D eigenvalue weighted by molar-refractivity contribution is 5.97. The lowest BCUT2D eigenvalue weighted by atomic mass is 10.1. The smallest absolute Gasteiger partial charge is 0.232 e. The number of carbonyl (C=O) groups is 2. The summed E-state index contributed by atoms with van der Waals surface area (Å²) >= 11 is 0. The van der Waals surface area contributed by atoms with Crippen LogP contribution in [0.1, 0.15) is 30.9 Å². The fourth-order valence-corrected chi connectivity index (χ4v) is 4.09. The summed E-state index contributed by atoms with van der Waals surface area (Å²) in [5, 5.41) is 2.99. The molecular formula is C25H30N4O3. The summed E-state index contributed by atoms with van der Waals surface area (Å²) < 4.78 is 7.48. The van der Waals surface area contributed by atoms with Gasteiger partial charge in [-0.05, 0) is 38.0 Å². The van der Waals surface area contributed by atoms with Crippen LogP contribution in [0.4, 0.5) is 5.95 Å². The first-order valence-electron chi connectivity index (χ1n) is 11.2. The van der Waals surface area contributed by atoms with Crippen LogP contribution in [0, 0.1) is 12.8 Å². The molecule has 7 nitrogen and oxygen atoms in total. The third kappa shape index (κ3) is 4.99. The van der Waals surface area contributed by atoms with Gasteiger partial charge in [-0.25, -0.2) is 4.98 Å². The predicted molar refractivity (Wildman–Crippen MR) is 124 cm³/mol. The van der Waals surface area contributed by atoms with Gasteiger partial charge in [0.15, 0.2) is 0 Å². The van der Waals surface area contributed by atoms with E-state index in [1.807, 2.05) is 66.9 Å². The van der Waals surface area contributed by atoms with E-state index in [1.165, 1.54) is 5.56 Å². The summed E-state index contributed by atoms with van der Waals surface area (Å²) in [4.78, 5) is 32.0. The SMILES string of the molecule is CCOCCCn1c(NC(=O)C2CC(=O)N(Cc3ccc(C)cc3)C2)nc2ccccc21. The van der Waals surface area contributed by atoms with Crippen LogP contribution in [0.2, 0.25) is 0 Å². The van der Waals surface area contributed by atoms with Crippen molar-refractivity contribution < 1.29 is 14.3 Å². The number of nitrogens with one attached hydrogen (secondary N) is 1. The Hall–Kier alpha value is -3.19. The molecule has 0 bridgehead atoms. The van der Waals surface area contributed by atoms with Gasteiger partial charge in [0.25, 0.3) is 0 Å². The Morgan fingerprint density at radius 3 is 2.75 bits per heavy atom. The number of likely N-dealkylation sites (tertiary alicyclic amines) is 1. The first-order valence-corrected chi connectivity index (χ1v) is 11.2. The fourth-order valence-electron chi connectivity index (χ4n) is 4.09. The number of hydrogen-bond donors (Lipinski definition) is 1. The quantitative estimate of drug-likeness (QED) is 0.520. The third-order valence-corrected chi connectivity index (χ3v) is 5.84. The highest BCUT2D eigenvalue weighted by Crippen LogP contribution is 2.24. The van der Waals surface area contributed by atoms with Crippen molar-refractivity contribution in [2.45, 2.75) is 39.8 Å². The molecule has 1 N–H and O–H groups in total. The lowest BCUT2D eigenvalue weighted by molar-refractivity contribution is -0.128. The van der Waals surface area contributed by atoms with Gasteiger partial charge < -0.3 is 14.2 Å². The van der Waals surface area contributed by atoms with Crippen LogP contribution in [0.15, 0.2) is 48.5 Å². The minimum atomic E-state index is -0.385. The van der Waals surface area contributed by atoms with E-state index in [2.05, 4.69) is 10.3 Å². The number of anilines is 1. The number of imidazole rings is 1. The molecule has 0 radical (unpaired) electrons. The normalized spacial score (nSPS) is 16.1. The molecule has 1 aliphatic heterocycles. The summed E-state index contributed by atoms with van der Waals surface area (Å²) in [5.74, 6) is -0.0103. The molecule has 0 spiro atoms. The number of aromatic nitrogens is 2. The largest absolute Gasteiger partial charge is 0.382 e. The molecule has 1 atom stereocenters. The number of ether oxygens (including phenoxy) is 1. The Morgan fingerprint density at radius 1 is 1.19 bits per heavy atom. The average Bonchev–Trinajstić information content (AvgIpc) is 3.33. The highest BCUT2D eigenvalue weighted by Gasteiger charge is 2.34. The molecule has 7 heteroatoms. The number of amides is 2. The van der Waals surface area contributed by atoms with Gasteiger partial charge in [-0.3, -0.25) is 14.9 Å². The number of carbonyl (C=O) groups excluding carboxylic acids is 2. The summed E-state index contributed by atoms with van der Waals surface area (Å²) in [6.45, 7) is 6.99. The zero-order valence-corrected chi connectivity index (χ0v) is 18.7. The third-order valence-electron chi connectivity index (χ3n) is 5.84. The molecule has 32 heavy (non-hydrogen) atoms. The van der Waals surface area contributed by atoms with Crippen molar-refractivity contribution in [2.75, 3.05) is 25.1 Å². The highest BCUT2D eigenvalue weighted by atomic mass is 16.5. The molecule has 1 saturated heterocycles. The molecule has 3 aromatic rings. The van der Waals surface area contributed by atoms with E-state index in [9.17, 15) is 9.59 Å². The average molecular weight is 435 g/mol. The Bertz CT molecular complexity index is 1090. The minimum absolute atomic E-state index is 0.0101. The molecule has 1 unspecified atom stereocenters. The predicted octanol–water partition coefficient (Wildman–Crippen LogP) is 3.76. The van der Waals surface area contributed by atoms with Crippen molar-refractivity contribution >= 4 is 28.8 Å². The van der Waals surface area contributed by atoms with E-state index in [0.717, 1.165) is 23.0 Å². The number of aryl methyl sites for hydroxylation is 2. The Morgan fingerprint density at radius 2 is 1.97 bits per heavy atom. The van der Waals surface area contributed by atoms with E-state index in [0.29, 0.717) is 38.8 Å². The van der Waals surface area contributed by atoms with E-state index in [-0.39, 0.29) is 24.2 Å². The van der Waals surface area contributed by atoms with Crippen LogP contribution >= 0.6 is 0 Å². The standard InChI is InChI=1S/C25H30N4O3/c1-3-32-14-6-13-29-22-8-5-4-7-21(22)26-25(29)27-24(31)20-15-23(30)28(17-20)16-19-11-9-18(2)10-12-19/h4-5,7-12,20H,3,6,13-17H2,1-2H3,(H,26,27,31). The van der Waals surface area contributed by atoms with Gasteiger partial charge in [-0.15, -0.1) is 0 Å². The molecule has 4 rings (SSSR count). The first-order chi connectivity index (χ1) is 15.5. The van der Waals surface area contributed by atoms with Gasteiger partial charge in [-0.2, -0.15) is 0 Å². The van der Waals surface area contributed by atoms with Crippen LogP contribution in [0.5, 0.6) is 0 Å². The van der Waals surface area contributed by atoms with Gasteiger partial charge >= 0.3 is 0 Å².